The van der Waals surface area contributed by atoms with E-state index in [1.807, 2.05) is 6.07 Å². The van der Waals surface area contributed by atoms with E-state index in [0.29, 0.717) is 5.69 Å². The molecule has 0 saturated heterocycles. The van der Waals surface area contributed by atoms with Gasteiger partial charge in [0.05, 0.1) is 12.3 Å². The first-order valence-corrected chi connectivity index (χ1v) is 5.90. The number of benzene rings is 1. The zero-order valence-corrected chi connectivity index (χ0v) is 10.7. The third kappa shape index (κ3) is 3.31. The van der Waals surface area contributed by atoms with Crippen LogP contribution in [0, 0.1) is 0 Å². The van der Waals surface area contributed by atoms with Crippen molar-refractivity contribution in [1.29, 1.82) is 0 Å². The maximum atomic E-state index is 11.8. The second kappa shape index (κ2) is 6.32. The molecular formula is C12H13N5O3. The number of anilines is 1. The van der Waals surface area contributed by atoms with Crippen LogP contribution in [0.25, 0.3) is 5.69 Å². The van der Waals surface area contributed by atoms with E-state index in [1.54, 1.807) is 31.2 Å². The molecule has 2 N–H and O–H groups in total. The van der Waals surface area contributed by atoms with Gasteiger partial charge in [-0.05, 0) is 19.1 Å². The fourth-order valence-electron chi connectivity index (χ4n) is 1.44. The van der Waals surface area contributed by atoms with Gasteiger partial charge in [0.25, 0.3) is 0 Å². The first-order valence-electron chi connectivity index (χ1n) is 5.90. The van der Waals surface area contributed by atoms with E-state index in [4.69, 9.17) is 0 Å². The summed E-state index contributed by atoms with van der Waals surface area (Å²) in [5, 5.41) is 0. The summed E-state index contributed by atoms with van der Waals surface area (Å²) >= 11 is 0. The van der Waals surface area contributed by atoms with Crippen LogP contribution in [0.2, 0.25) is 0 Å². The highest BCUT2D eigenvalue weighted by atomic mass is 16.5. The number of carbonyl (C=O) groups excluding carboxylic acids is 1. The SMILES string of the molecule is CCOC(=O)NNc1ncn(-c2ccccc2)c(=O)n1. The van der Waals surface area contributed by atoms with Crippen LogP contribution in [0.4, 0.5) is 10.7 Å². The highest BCUT2D eigenvalue weighted by Crippen LogP contribution is 2.02. The van der Waals surface area contributed by atoms with Gasteiger partial charge in [-0.2, -0.15) is 4.98 Å². The van der Waals surface area contributed by atoms with Crippen LogP contribution in [-0.4, -0.2) is 27.2 Å². The molecule has 0 saturated carbocycles. The Morgan fingerprint density at radius 3 is 2.75 bits per heavy atom. The lowest BCUT2D eigenvalue weighted by molar-refractivity contribution is 0.154. The smallest absolute Gasteiger partial charge is 0.426 e. The molecule has 0 aliphatic heterocycles. The van der Waals surface area contributed by atoms with Gasteiger partial charge in [0.2, 0.25) is 5.95 Å². The summed E-state index contributed by atoms with van der Waals surface area (Å²) in [6.07, 6.45) is 0.642. The topological polar surface area (TPSA) is 98.1 Å². The minimum Gasteiger partial charge on any atom is -0.449 e. The lowest BCUT2D eigenvalue weighted by atomic mass is 10.3. The van der Waals surface area contributed by atoms with Crippen molar-refractivity contribution < 1.29 is 9.53 Å². The molecule has 0 aliphatic rings. The van der Waals surface area contributed by atoms with Gasteiger partial charge in [0.15, 0.2) is 0 Å². The zero-order chi connectivity index (χ0) is 14.4. The van der Waals surface area contributed by atoms with Crippen molar-refractivity contribution in [3.63, 3.8) is 0 Å². The minimum atomic E-state index is -0.677. The highest BCUT2D eigenvalue weighted by Gasteiger charge is 2.05. The molecule has 1 amide bonds. The van der Waals surface area contributed by atoms with Gasteiger partial charge in [0, 0.05) is 0 Å². The molecule has 0 unspecified atom stereocenters. The van der Waals surface area contributed by atoms with Gasteiger partial charge < -0.3 is 4.74 Å². The van der Waals surface area contributed by atoms with Crippen LogP contribution in [0.1, 0.15) is 6.92 Å². The van der Waals surface area contributed by atoms with Crippen molar-refractivity contribution >= 4 is 12.0 Å². The Morgan fingerprint density at radius 1 is 1.35 bits per heavy atom. The molecular weight excluding hydrogens is 262 g/mol. The number of hydrogen-bond donors (Lipinski definition) is 2. The van der Waals surface area contributed by atoms with E-state index in [9.17, 15) is 9.59 Å². The fraction of sp³-hybridized carbons (Fsp3) is 0.167. The van der Waals surface area contributed by atoms with Crippen LogP contribution in [0.15, 0.2) is 41.5 Å². The van der Waals surface area contributed by atoms with Gasteiger partial charge in [-0.25, -0.2) is 20.0 Å². The summed E-state index contributed by atoms with van der Waals surface area (Å²) in [7, 11) is 0. The Balaban J connectivity index is 2.11. The molecule has 0 radical (unpaired) electrons. The maximum absolute atomic E-state index is 11.8. The van der Waals surface area contributed by atoms with E-state index in [0.717, 1.165) is 0 Å². The Bertz CT molecular complexity index is 641. The molecule has 1 heterocycles. The normalized spacial score (nSPS) is 9.85. The average Bonchev–Trinajstić information content (AvgIpc) is 2.46. The number of hydrogen-bond acceptors (Lipinski definition) is 6. The third-order valence-corrected chi connectivity index (χ3v) is 2.29. The average molecular weight is 275 g/mol. The molecule has 104 valence electrons. The van der Waals surface area contributed by atoms with E-state index in [2.05, 4.69) is 25.6 Å². The van der Waals surface area contributed by atoms with Crippen LogP contribution in [-0.2, 0) is 4.74 Å². The lowest BCUT2D eigenvalue weighted by Gasteiger charge is -2.08. The van der Waals surface area contributed by atoms with Gasteiger partial charge in [0.1, 0.15) is 6.33 Å². The number of amides is 1. The zero-order valence-electron chi connectivity index (χ0n) is 10.7. The molecule has 8 heteroatoms. The number of rotatable bonds is 4. The van der Waals surface area contributed by atoms with E-state index in [1.165, 1.54) is 10.9 Å². The van der Waals surface area contributed by atoms with Crippen molar-refractivity contribution in [3.8, 4) is 5.69 Å². The van der Waals surface area contributed by atoms with Crippen molar-refractivity contribution in [3.05, 3.63) is 47.1 Å². The Morgan fingerprint density at radius 2 is 2.10 bits per heavy atom. The minimum absolute atomic E-state index is 0.0183. The molecule has 0 atom stereocenters. The first kappa shape index (κ1) is 13.5. The standard InChI is InChI=1S/C12H13N5O3/c1-2-20-12(19)16-15-10-13-8-17(11(18)14-10)9-6-4-3-5-7-9/h3-8H,2H2,1H3,(H,16,19)(H,14,15,18). The van der Waals surface area contributed by atoms with E-state index in [-0.39, 0.29) is 12.6 Å². The second-order valence-electron chi connectivity index (χ2n) is 3.64. The van der Waals surface area contributed by atoms with Crippen LogP contribution in [0.5, 0.6) is 0 Å². The molecule has 8 nitrogen and oxygen atoms in total. The summed E-state index contributed by atoms with van der Waals surface area (Å²) in [5.41, 5.74) is 4.73. The predicted octanol–water partition coefficient (Wildman–Crippen LogP) is 0.701. The van der Waals surface area contributed by atoms with Crippen LogP contribution >= 0.6 is 0 Å². The number of aromatic nitrogens is 3. The number of carbonyl (C=O) groups is 1. The summed E-state index contributed by atoms with van der Waals surface area (Å²) in [5.74, 6) is -0.0183. The first-order chi connectivity index (χ1) is 9.70. The maximum Gasteiger partial charge on any atom is 0.426 e. The molecule has 0 spiro atoms. The van der Waals surface area contributed by atoms with Crippen LogP contribution < -0.4 is 16.5 Å². The van der Waals surface area contributed by atoms with E-state index >= 15 is 0 Å². The fourth-order valence-corrected chi connectivity index (χ4v) is 1.44. The number of ether oxygens (including phenoxy) is 1. The Labute approximate surface area is 114 Å². The van der Waals surface area contributed by atoms with Crippen molar-refractivity contribution in [1.82, 2.24) is 20.0 Å². The predicted molar refractivity (Wildman–Crippen MR) is 71.4 cm³/mol. The Kier molecular flexibility index (Phi) is 4.28. The summed E-state index contributed by atoms with van der Waals surface area (Å²) < 4.78 is 5.92. The summed E-state index contributed by atoms with van der Waals surface area (Å²) in [4.78, 5) is 30.5. The third-order valence-electron chi connectivity index (χ3n) is 2.29. The molecule has 0 aliphatic carbocycles. The lowest BCUT2D eigenvalue weighted by Crippen LogP contribution is -2.33. The number of hydrazine groups is 1. The number of nitrogens with zero attached hydrogens (tertiary/aromatic N) is 3. The molecule has 1 aromatic heterocycles. The number of para-hydroxylation sites is 1. The van der Waals surface area contributed by atoms with Gasteiger partial charge in [-0.3, -0.25) is 9.99 Å². The van der Waals surface area contributed by atoms with Gasteiger partial charge in [-0.1, -0.05) is 18.2 Å². The molecule has 1 aromatic carbocycles. The molecule has 2 rings (SSSR count). The summed E-state index contributed by atoms with van der Waals surface area (Å²) in [6.45, 7) is 1.92. The quantitative estimate of drug-likeness (QED) is 0.797. The van der Waals surface area contributed by atoms with Gasteiger partial charge in [-0.15, -0.1) is 0 Å². The summed E-state index contributed by atoms with van der Waals surface area (Å²) in [6, 6.07) is 8.96. The molecule has 2 aromatic rings. The van der Waals surface area contributed by atoms with E-state index < -0.39 is 11.8 Å². The number of nitrogens with one attached hydrogen (secondary N) is 2. The van der Waals surface area contributed by atoms with Crippen molar-refractivity contribution in [2.75, 3.05) is 12.0 Å². The van der Waals surface area contributed by atoms with Crippen molar-refractivity contribution in [2.45, 2.75) is 6.92 Å². The van der Waals surface area contributed by atoms with Crippen molar-refractivity contribution in [2.24, 2.45) is 0 Å². The molecule has 0 fully saturated rings. The van der Waals surface area contributed by atoms with Crippen LogP contribution in [0.3, 0.4) is 0 Å². The largest absolute Gasteiger partial charge is 0.449 e. The molecule has 0 bridgehead atoms. The monoisotopic (exact) mass is 275 g/mol. The van der Waals surface area contributed by atoms with Gasteiger partial charge >= 0.3 is 11.8 Å². The molecule has 20 heavy (non-hydrogen) atoms. The second-order valence-corrected chi connectivity index (χ2v) is 3.64. The highest BCUT2D eigenvalue weighted by molar-refractivity contribution is 5.68. The Hall–Kier alpha value is -2.90.